The molecule has 0 bridgehead atoms. The molecule has 5 heteroatoms. The molecule has 1 amide bonds. The van der Waals surface area contributed by atoms with Crippen LogP contribution in [0.1, 0.15) is 39.7 Å². The molecule has 4 nitrogen and oxygen atoms in total. The van der Waals surface area contributed by atoms with Crippen molar-refractivity contribution in [1.82, 2.24) is 9.80 Å². The maximum Gasteiger partial charge on any atom is 1.00 e. The van der Waals surface area contributed by atoms with E-state index < -0.39 is 0 Å². The van der Waals surface area contributed by atoms with Crippen molar-refractivity contribution < 1.29 is 63.0 Å². The summed E-state index contributed by atoms with van der Waals surface area (Å²) >= 11 is 0. The first-order chi connectivity index (χ1) is 11.1. The number of carbonyl (C=O) groups is 1. The number of nitrogens with zero attached hydrogens (tertiary/aromatic N) is 2. The van der Waals surface area contributed by atoms with E-state index in [2.05, 4.69) is 31.1 Å². The van der Waals surface area contributed by atoms with Crippen LogP contribution in [0.3, 0.4) is 0 Å². The molecule has 25 heavy (non-hydrogen) atoms. The number of rotatable bonds is 3. The number of benzene rings is 1. The molecule has 140 valence electrons. The maximum atomic E-state index is 12.1. The molecule has 0 aromatic heterocycles. The molecule has 1 aliphatic heterocycles. The molecule has 1 aliphatic rings. The summed E-state index contributed by atoms with van der Waals surface area (Å²) in [6.45, 7) is 11.8. The zero-order valence-corrected chi connectivity index (χ0v) is 22.6. The van der Waals surface area contributed by atoms with Gasteiger partial charge in [-0.3, -0.25) is 4.79 Å². The maximum absolute atomic E-state index is 12.1. The van der Waals surface area contributed by atoms with Gasteiger partial charge in [-0.1, -0.05) is 52.7 Å². The van der Waals surface area contributed by atoms with Gasteiger partial charge in [-0.25, -0.2) is 0 Å². The fourth-order valence-electron chi connectivity index (χ4n) is 2.01. The zero-order chi connectivity index (χ0) is 17.7. The van der Waals surface area contributed by atoms with E-state index in [1.807, 2.05) is 50.1 Å². The Morgan fingerprint density at radius 2 is 1.52 bits per heavy atom. The van der Waals surface area contributed by atoms with Crippen LogP contribution in [0.4, 0.5) is 5.69 Å². The Hall–Kier alpha value is 0.125. The van der Waals surface area contributed by atoms with Crippen LogP contribution in [0.5, 0.6) is 0 Å². The van der Waals surface area contributed by atoms with E-state index in [1.54, 1.807) is 6.42 Å². The number of likely N-dealkylation sites (N-methyl/N-ethyl adjacent to an activating group) is 1. The van der Waals surface area contributed by atoms with E-state index in [1.165, 1.54) is 6.42 Å². The smallest absolute Gasteiger partial charge is 0.390 e. The minimum absolute atomic E-state index is 0. The third-order valence-electron chi connectivity index (χ3n) is 3.30. The van der Waals surface area contributed by atoms with Gasteiger partial charge in [-0.05, 0) is 7.05 Å². The Bertz CT molecular complexity index is 415. The summed E-state index contributed by atoms with van der Waals surface area (Å²) in [5.41, 5.74) is 2.01. The third kappa shape index (κ3) is 13.0. The van der Waals surface area contributed by atoms with Gasteiger partial charge in [0.2, 0.25) is 0 Å². The molecule has 2 rings (SSSR count). The number of hydrogen-bond donors (Lipinski definition) is 1. The minimum atomic E-state index is 0. The van der Waals surface area contributed by atoms with E-state index >= 15 is 0 Å². The molecular weight excluding hydrogens is 384 g/mol. The van der Waals surface area contributed by atoms with E-state index in [4.69, 9.17) is 0 Å². The largest absolute Gasteiger partial charge is 1.00 e. The Labute approximate surface area is 205 Å². The Morgan fingerprint density at radius 3 is 1.92 bits per heavy atom. The van der Waals surface area contributed by atoms with Gasteiger partial charge in [0, 0.05) is 38.9 Å². The summed E-state index contributed by atoms with van der Waals surface area (Å²) in [4.78, 5) is 16.2. The van der Waals surface area contributed by atoms with Crippen LogP contribution < -0.4 is 63.5 Å². The summed E-state index contributed by atoms with van der Waals surface area (Å²) in [5.74, 6) is 0.111. The van der Waals surface area contributed by atoms with Gasteiger partial charge < -0.3 is 22.5 Å². The van der Waals surface area contributed by atoms with Gasteiger partial charge >= 0.3 is 58.2 Å². The van der Waals surface area contributed by atoms with Crippen molar-refractivity contribution in [2.45, 2.75) is 34.1 Å². The molecule has 0 spiro atoms. The summed E-state index contributed by atoms with van der Waals surface area (Å²) in [7, 11) is 3.97. The number of anilines is 1. The molecule has 0 unspecified atom stereocenters. The van der Waals surface area contributed by atoms with Crippen LogP contribution in [0.25, 0.3) is 0 Å². The van der Waals surface area contributed by atoms with E-state index in [0.29, 0.717) is 0 Å². The van der Waals surface area contributed by atoms with Crippen LogP contribution in [0.2, 0.25) is 0 Å². The molecule has 0 aliphatic carbocycles. The van der Waals surface area contributed by atoms with Crippen molar-refractivity contribution >= 4 is 11.6 Å². The molecule has 1 aromatic carbocycles. The predicted molar refractivity (Wildman–Crippen MR) is 107 cm³/mol. The van der Waals surface area contributed by atoms with Crippen LogP contribution in [-0.2, 0) is 4.79 Å². The van der Waals surface area contributed by atoms with Crippen LogP contribution in [0, 0.1) is 13.8 Å². The normalized spacial score (nSPS) is 12.8. The van der Waals surface area contributed by atoms with Gasteiger partial charge in [0.1, 0.15) is 0 Å². The average molecular weight is 421 g/mol. The molecule has 1 fully saturated rings. The number of amides is 1. The third-order valence-corrected chi connectivity index (χ3v) is 3.30. The summed E-state index contributed by atoms with van der Waals surface area (Å²) in [5, 5.41) is 3.06. The number of hydrogen-bond acceptors (Lipinski definition) is 3. The monoisotopic (exact) mass is 420 g/mol. The average Bonchev–Trinajstić information content (AvgIpc) is 2.58. The first-order valence-electron chi connectivity index (χ1n) is 8.70. The number of piperazine rings is 1. The summed E-state index contributed by atoms with van der Waals surface area (Å²) < 4.78 is 0. The number of nitrogens with one attached hydrogen (secondary N) is 1. The van der Waals surface area contributed by atoms with E-state index in [-0.39, 0.29) is 71.5 Å². The minimum Gasteiger partial charge on any atom is -0.390 e. The molecule has 0 atom stereocenters. The molecule has 0 radical (unpaired) electrons. The molecule has 1 N–H and O–H groups in total. The van der Waals surface area contributed by atoms with Crippen LogP contribution in [-0.4, -0.2) is 56.0 Å². The first-order valence-corrected chi connectivity index (χ1v) is 8.70. The van der Waals surface area contributed by atoms with Gasteiger partial charge in [0.15, 0.2) is 5.91 Å². The van der Waals surface area contributed by atoms with Gasteiger partial charge in [-0.15, -0.1) is 0 Å². The molecule has 1 saturated heterocycles. The van der Waals surface area contributed by atoms with Crippen molar-refractivity contribution in [3.63, 3.8) is 0 Å². The quantitative estimate of drug-likeness (QED) is 0.739. The van der Waals surface area contributed by atoms with Gasteiger partial charge in [0.05, 0.1) is 0 Å². The second kappa shape index (κ2) is 18.9. The van der Waals surface area contributed by atoms with Gasteiger partial charge in [0.25, 0.3) is 0 Å². The van der Waals surface area contributed by atoms with Crippen molar-refractivity contribution in [3.05, 3.63) is 43.7 Å². The molecule has 1 aromatic rings. The SMILES string of the molecule is CC.CCC.CNc1ccc([CH-]C(=O)N2CCN(C)CC2)cc1.[CH3-].[Rb+]. The Balaban J connectivity index is -0.000000627. The van der Waals surface area contributed by atoms with Crippen molar-refractivity contribution in [3.8, 4) is 0 Å². The fourth-order valence-corrected chi connectivity index (χ4v) is 2.01. The second-order valence-electron chi connectivity index (χ2n) is 5.35. The van der Waals surface area contributed by atoms with Crippen molar-refractivity contribution in [2.75, 3.05) is 45.6 Å². The van der Waals surface area contributed by atoms with Crippen LogP contribution >= 0.6 is 0 Å². The van der Waals surface area contributed by atoms with Gasteiger partial charge in [-0.2, -0.15) is 17.7 Å². The van der Waals surface area contributed by atoms with Crippen molar-refractivity contribution in [1.29, 1.82) is 0 Å². The molecular formula is C20H37N3ORb-. The topological polar surface area (TPSA) is 35.6 Å². The molecule has 1 heterocycles. The molecule has 0 saturated carbocycles. The van der Waals surface area contributed by atoms with Crippen LogP contribution in [0.15, 0.2) is 24.3 Å². The summed E-state index contributed by atoms with van der Waals surface area (Å²) in [6.07, 6.45) is 2.96. The fraction of sp³-hybridized carbons (Fsp3) is 0.550. The predicted octanol–water partition coefficient (Wildman–Crippen LogP) is 0.951. The number of carbonyl (C=O) groups excluding carboxylic acids is 1. The Morgan fingerprint density at radius 1 is 1.08 bits per heavy atom. The van der Waals surface area contributed by atoms with E-state index in [9.17, 15) is 4.79 Å². The standard InChI is InChI=1S/C14H20N3O.C3H8.C2H6.CH3.Rb/c1-15-13-5-3-12(4-6-13)11-14(18)17-9-7-16(2)8-10-17;1-3-2;1-2;;/h3-6,11,15H,7-10H2,1-2H3;3H2,1-2H3;1-2H3;1H3;/q-1;;;-1;+1. The summed E-state index contributed by atoms with van der Waals surface area (Å²) in [6, 6.07) is 7.87. The van der Waals surface area contributed by atoms with E-state index in [0.717, 1.165) is 37.4 Å². The Kier molecular flexibility index (Phi) is 22.6. The zero-order valence-electron chi connectivity index (χ0n) is 17.7. The first kappa shape index (κ1) is 29.9. The second-order valence-corrected chi connectivity index (χ2v) is 5.35. The van der Waals surface area contributed by atoms with Crippen molar-refractivity contribution in [2.24, 2.45) is 0 Å².